The van der Waals surface area contributed by atoms with Gasteiger partial charge in [-0.25, -0.2) is 0 Å². The third-order valence-electron chi connectivity index (χ3n) is 1.45. The summed E-state index contributed by atoms with van der Waals surface area (Å²) in [6.07, 6.45) is 0.914. The molecule has 2 nitrogen and oxygen atoms in total. The molecular weight excluding hydrogens is 164 g/mol. The fourth-order valence-electron chi connectivity index (χ4n) is 0.681. The molecule has 58 valence electrons. The highest BCUT2D eigenvalue weighted by Gasteiger charge is 2.50. The Bertz CT molecular complexity index is 167. The number of alkyl halides is 2. The van der Waals surface area contributed by atoms with Crippen LogP contribution in [0, 0.1) is 5.92 Å². The third kappa shape index (κ3) is 1.21. The van der Waals surface area contributed by atoms with Crippen molar-refractivity contribution in [3.8, 4) is 0 Å². The zero-order chi connectivity index (χ0) is 7.78. The van der Waals surface area contributed by atoms with Gasteiger partial charge in [0.15, 0.2) is 0 Å². The molecule has 0 heterocycles. The molecule has 1 saturated carbocycles. The number of rotatable bonds is 2. The first-order valence-electron chi connectivity index (χ1n) is 2.85. The van der Waals surface area contributed by atoms with Crippen LogP contribution in [0.3, 0.4) is 0 Å². The van der Waals surface area contributed by atoms with Gasteiger partial charge < -0.3 is 5.21 Å². The number of hydrogen-bond donors (Lipinski definition) is 1. The molecule has 1 aliphatic carbocycles. The van der Waals surface area contributed by atoms with E-state index in [1.165, 1.54) is 0 Å². The topological polar surface area (TPSA) is 32.6 Å². The summed E-state index contributed by atoms with van der Waals surface area (Å²) < 4.78 is 25.2. The molecule has 5 heteroatoms. The van der Waals surface area contributed by atoms with Gasteiger partial charge in [-0.1, -0.05) is 16.8 Å². The van der Waals surface area contributed by atoms with Gasteiger partial charge in [0.2, 0.25) is 5.17 Å². The van der Waals surface area contributed by atoms with E-state index in [4.69, 9.17) is 16.8 Å². The second-order valence-corrected chi connectivity index (χ2v) is 2.65. The van der Waals surface area contributed by atoms with E-state index in [2.05, 4.69) is 5.16 Å². The highest BCUT2D eigenvalue weighted by Crippen LogP contribution is 2.44. The molecule has 0 aliphatic heterocycles. The van der Waals surface area contributed by atoms with Crippen molar-refractivity contribution in [1.29, 1.82) is 0 Å². The van der Waals surface area contributed by atoms with Crippen molar-refractivity contribution in [2.75, 3.05) is 0 Å². The molecule has 10 heavy (non-hydrogen) atoms. The molecular formula is C5H6ClF2NO. The summed E-state index contributed by atoms with van der Waals surface area (Å²) in [5, 5.41) is 9.17. The predicted octanol–water partition coefficient (Wildman–Crippen LogP) is 2.06. The van der Waals surface area contributed by atoms with Gasteiger partial charge in [0.05, 0.1) is 0 Å². The van der Waals surface area contributed by atoms with Crippen molar-refractivity contribution >= 4 is 16.8 Å². The molecule has 0 aromatic rings. The lowest BCUT2D eigenvalue weighted by atomic mass is 10.2. The SMILES string of the molecule is O/N=C(\Cl)C(F)(F)C1CC1. The third-order valence-corrected chi connectivity index (χ3v) is 1.78. The standard InChI is InChI=1S/C5H6ClF2NO/c6-4(9-10)5(7,8)3-1-2-3/h3,10H,1-2H2/b9-4-. The van der Waals surface area contributed by atoms with Crippen LogP contribution in [0.2, 0.25) is 0 Å². The maximum atomic E-state index is 12.6. The van der Waals surface area contributed by atoms with E-state index < -0.39 is 17.0 Å². The van der Waals surface area contributed by atoms with Crippen LogP contribution in [0.25, 0.3) is 0 Å². The van der Waals surface area contributed by atoms with Gasteiger partial charge in [-0.05, 0) is 12.8 Å². The Labute approximate surface area is 61.5 Å². The molecule has 1 fully saturated rings. The molecule has 0 unspecified atom stereocenters. The molecule has 0 bridgehead atoms. The van der Waals surface area contributed by atoms with Crippen LogP contribution in [0.15, 0.2) is 5.16 Å². The largest absolute Gasteiger partial charge is 0.410 e. The average molecular weight is 170 g/mol. The summed E-state index contributed by atoms with van der Waals surface area (Å²) in [6, 6.07) is 0. The Morgan fingerprint density at radius 3 is 2.40 bits per heavy atom. The molecule has 0 aromatic carbocycles. The lowest BCUT2D eigenvalue weighted by Gasteiger charge is -2.10. The zero-order valence-corrected chi connectivity index (χ0v) is 5.78. The van der Waals surface area contributed by atoms with Crippen molar-refractivity contribution in [3.05, 3.63) is 0 Å². The first-order chi connectivity index (χ1) is 4.59. The van der Waals surface area contributed by atoms with Crippen LogP contribution in [0.5, 0.6) is 0 Å². The first-order valence-corrected chi connectivity index (χ1v) is 3.22. The van der Waals surface area contributed by atoms with Crippen LogP contribution < -0.4 is 0 Å². The minimum Gasteiger partial charge on any atom is -0.410 e. The molecule has 0 amide bonds. The summed E-state index contributed by atoms with van der Waals surface area (Å²) in [5.41, 5.74) is 0. The predicted molar refractivity (Wildman–Crippen MR) is 32.7 cm³/mol. The molecule has 0 saturated heterocycles. The average Bonchev–Trinajstić information content (AvgIpc) is 2.66. The van der Waals surface area contributed by atoms with Crippen LogP contribution >= 0.6 is 11.6 Å². The minimum absolute atomic E-state index is 0.457. The van der Waals surface area contributed by atoms with E-state index in [9.17, 15) is 8.78 Å². The summed E-state index contributed by atoms with van der Waals surface area (Å²) in [4.78, 5) is 0. The fraction of sp³-hybridized carbons (Fsp3) is 0.800. The maximum Gasteiger partial charge on any atom is 0.306 e. The van der Waals surface area contributed by atoms with Crippen LogP contribution in [0.1, 0.15) is 12.8 Å². The molecule has 0 radical (unpaired) electrons. The van der Waals surface area contributed by atoms with E-state index in [1.807, 2.05) is 0 Å². The quantitative estimate of drug-likeness (QED) is 0.383. The normalized spacial score (nSPS) is 21.3. The minimum atomic E-state index is -3.11. The zero-order valence-electron chi connectivity index (χ0n) is 5.02. The molecule has 1 N–H and O–H groups in total. The number of nitrogens with zero attached hydrogens (tertiary/aromatic N) is 1. The lowest BCUT2D eigenvalue weighted by Crippen LogP contribution is -2.26. The first kappa shape index (κ1) is 7.72. The van der Waals surface area contributed by atoms with Gasteiger partial charge in [0.1, 0.15) is 0 Å². The fourth-order valence-corrected chi connectivity index (χ4v) is 0.835. The number of halogens is 3. The van der Waals surface area contributed by atoms with E-state index in [0.717, 1.165) is 0 Å². The Balaban J connectivity index is 2.65. The van der Waals surface area contributed by atoms with Gasteiger partial charge in [0, 0.05) is 5.92 Å². The monoisotopic (exact) mass is 169 g/mol. The maximum absolute atomic E-state index is 12.6. The molecule has 0 atom stereocenters. The van der Waals surface area contributed by atoms with Gasteiger partial charge in [0.25, 0.3) is 0 Å². The van der Waals surface area contributed by atoms with E-state index in [-0.39, 0.29) is 0 Å². The van der Waals surface area contributed by atoms with Crippen molar-refractivity contribution in [2.45, 2.75) is 18.8 Å². The summed E-state index contributed by atoms with van der Waals surface area (Å²) in [6.45, 7) is 0. The van der Waals surface area contributed by atoms with Crippen molar-refractivity contribution in [2.24, 2.45) is 11.1 Å². The Morgan fingerprint density at radius 1 is 1.60 bits per heavy atom. The molecule has 1 aliphatic rings. The van der Waals surface area contributed by atoms with Crippen molar-refractivity contribution in [3.63, 3.8) is 0 Å². The van der Waals surface area contributed by atoms with E-state index >= 15 is 0 Å². The molecule has 1 rings (SSSR count). The Morgan fingerprint density at radius 2 is 2.10 bits per heavy atom. The van der Waals surface area contributed by atoms with Crippen LogP contribution in [0.4, 0.5) is 8.78 Å². The van der Waals surface area contributed by atoms with Crippen molar-refractivity contribution in [1.82, 2.24) is 0 Å². The second kappa shape index (κ2) is 2.34. The van der Waals surface area contributed by atoms with Crippen LogP contribution in [-0.4, -0.2) is 16.3 Å². The summed E-state index contributed by atoms with van der Waals surface area (Å²) in [7, 11) is 0. The van der Waals surface area contributed by atoms with E-state index in [0.29, 0.717) is 12.8 Å². The summed E-state index contributed by atoms with van der Waals surface area (Å²) >= 11 is 4.94. The van der Waals surface area contributed by atoms with E-state index in [1.54, 1.807) is 0 Å². The second-order valence-electron chi connectivity index (χ2n) is 2.29. The highest BCUT2D eigenvalue weighted by molar-refractivity contribution is 6.67. The van der Waals surface area contributed by atoms with Gasteiger partial charge >= 0.3 is 5.92 Å². The summed E-state index contributed by atoms with van der Waals surface area (Å²) in [5.74, 6) is -3.83. The highest BCUT2D eigenvalue weighted by atomic mass is 35.5. The van der Waals surface area contributed by atoms with Crippen LogP contribution in [-0.2, 0) is 0 Å². The Kier molecular flexibility index (Phi) is 1.81. The lowest BCUT2D eigenvalue weighted by molar-refractivity contribution is 0.0529. The smallest absolute Gasteiger partial charge is 0.306 e. The molecule has 0 spiro atoms. The Hall–Kier alpha value is -0.380. The van der Waals surface area contributed by atoms with Gasteiger partial charge in [-0.2, -0.15) is 8.78 Å². The van der Waals surface area contributed by atoms with Crippen molar-refractivity contribution < 1.29 is 14.0 Å². The molecule has 0 aromatic heterocycles. The number of hydrogen-bond acceptors (Lipinski definition) is 2. The number of oxime groups is 1. The van der Waals surface area contributed by atoms with Gasteiger partial charge in [-0.15, -0.1) is 0 Å². The van der Waals surface area contributed by atoms with Gasteiger partial charge in [-0.3, -0.25) is 0 Å².